The molecule has 4 nitrogen and oxygen atoms in total. The molecule has 0 bridgehead atoms. The zero-order chi connectivity index (χ0) is 14.4. The number of nitrogens with zero attached hydrogens (tertiary/aromatic N) is 2. The van der Waals surface area contributed by atoms with Crippen LogP contribution in [0.1, 0.15) is 26.2 Å². The van der Waals surface area contributed by atoms with Gasteiger partial charge in [-0.15, -0.1) is 0 Å². The van der Waals surface area contributed by atoms with Gasteiger partial charge in [0, 0.05) is 30.0 Å². The van der Waals surface area contributed by atoms with E-state index in [1.54, 1.807) is 0 Å². The molecule has 2 rings (SSSR count). The molecule has 108 valence electrons. The van der Waals surface area contributed by atoms with Gasteiger partial charge in [-0.3, -0.25) is 0 Å². The first-order valence-corrected chi connectivity index (χ1v) is 7.09. The number of aliphatic hydroxyl groups excluding tert-OH is 1. The highest BCUT2D eigenvalue weighted by Crippen LogP contribution is 2.18. The van der Waals surface area contributed by atoms with E-state index in [1.165, 1.54) is 0 Å². The molecule has 1 aromatic heterocycles. The molecule has 0 saturated carbocycles. The van der Waals surface area contributed by atoms with Crippen LogP contribution in [0.3, 0.4) is 0 Å². The Balaban J connectivity index is 1.90. The molecule has 0 saturated heterocycles. The van der Waals surface area contributed by atoms with Crippen LogP contribution in [0.15, 0.2) is 42.7 Å². The number of hydrogen-bond acceptors (Lipinski definition) is 3. The normalized spacial score (nSPS) is 14.2. The standard InChI is InChI=1S/C16H23N3O/c1-16(17,13-20)9-5-6-11-19-12-10-18-15(19)14-7-3-2-4-8-14/h2-4,7-8,10,12,20H,5-6,9,11,13,17H2,1H3. The number of nitrogens with two attached hydrogens (primary N) is 1. The van der Waals surface area contributed by atoms with Gasteiger partial charge >= 0.3 is 0 Å². The van der Waals surface area contributed by atoms with Gasteiger partial charge < -0.3 is 15.4 Å². The van der Waals surface area contributed by atoms with E-state index >= 15 is 0 Å². The highest BCUT2D eigenvalue weighted by molar-refractivity contribution is 5.54. The van der Waals surface area contributed by atoms with Gasteiger partial charge in [0.05, 0.1) is 6.61 Å². The monoisotopic (exact) mass is 273 g/mol. The predicted octanol–water partition coefficient (Wildman–Crippen LogP) is 2.43. The molecule has 0 radical (unpaired) electrons. The summed E-state index contributed by atoms with van der Waals surface area (Å²) in [5.74, 6) is 1.00. The molecule has 20 heavy (non-hydrogen) atoms. The van der Waals surface area contributed by atoms with Crippen molar-refractivity contribution in [2.75, 3.05) is 6.61 Å². The molecular formula is C16H23N3O. The Hall–Kier alpha value is -1.65. The molecule has 0 fully saturated rings. The zero-order valence-electron chi connectivity index (χ0n) is 12.0. The lowest BCUT2D eigenvalue weighted by molar-refractivity contribution is 0.197. The van der Waals surface area contributed by atoms with Gasteiger partial charge in [0.15, 0.2) is 0 Å². The molecule has 0 aliphatic carbocycles. The zero-order valence-corrected chi connectivity index (χ0v) is 12.0. The van der Waals surface area contributed by atoms with E-state index < -0.39 is 5.54 Å². The minimum atomic E-state index is -0.461. The Kier molecular flexibility index (Phi) is 4.93. The summed E-state index contributed by atoms with van der Waals surface area (Å²) in [6.45, 7) is 2.85. The second-order valence-electron chi connectivity index (χ2n) is 5.58. The van der Waals surface area contributed by atoms with Crippen molar-refractivity contribution in [3.8, 4) is 11.4 Å². The van der Waals surface area contributed by atoms with Gasteiger partial charge in [-0.2, -0.15) is 0 Å². The van der Waals surface area contributed by atoms with E-state index in [2.05, 4.69) is 21.7 Å². The molecular weight excluding hydrogens is 250 g/mol. The van der Waals surface area contributed by atoms with Crippen molar-refractivity contribution >= 4 is 0 Å². The summed E-state index contributed by atoms with van der Waals surface area (Å²) >= 11 is 0. The molecule has 0 aliphatic heterocycles. The van der Waals surface area contributed by atoms with Crippen LogP contribution in [-0.2, 0) is 6.54 Å². The van der Waals surface area contributed by atoms with Crippen LogP contribution in [0.5, 0.6) is 0 Å². The van der Waals surface area contributed by atoms with E-state index in [-0.39, 0.29) is 6.61 Å². The van der Waals surface area contributed by atoms with Crippen LogP contribution < -0.4 is 5.73 Å². The topological polar surface area (TPSA) is 64.1 Å². The van der Waals surface area contributed by atoms with Crippen LogP contribution in [0.25, 0.3) is 11.4 Å². The van der Waals surface area contributed by atoms with Crippen molar-refractivity contribution in [1.29, 1.82) is 0 Å². The van der Waals surface area contributed by atoms with Crippen LogP contribution >= 0.6 is 0 Å². The maximum absolute atomic E-state index is 9.13. The van der Waals surface area contributed by atoms with Gasteiger partial charge in [0.2, 0.25) is 0 Å². The van der Waals surface area contributed by atoms with Crippen LogP contribution in [0.2, 0.25) is 0 Å². The highest BCUT2D eigenvalue weighted by atomic mass is 16.3. The van der Waals surface area contributed by atoms with Gasteiger partial charge in [0.1, 0.15) is 5.82 Å². The van der Waals surface area contributed by atoms with Crippen molar-refractivity contribution in [3.63, 3.8) is 0 Å². The lowest BCUT2D eigenvalue weighted by Gasteiger charge is -2.21. The number of aromatic nitrogens is 2. The molecule has 0 spiro atoms. The molecule has 1 aromatic carbocycles. The van der Waals surface area contributed by atoms with Crippen molar-refractivity contribution in [3.05, 3.63) is 42.7 Å². The molecule has 3 N–H and O–H groups in total. The Morgan fingerprint density at radius 1 is 1.25 bits per heavy atom. The average molecular weight is 273 g/mol. The van der Waals surface area contributed by atoms with Crippen LogP contribution in [0.4, 0.5) is 0 Å². The third kappa shape index (κ3) is 3.92. The molecule has 1 atom stereocenters. The number of unbranched alkanes of at least 4 members (excludes halogenated alkanes) is 1. The number of imidazole rings is 1. The number of benzene rings is 1. The van der Waals surface area contributed by atoms with Crippen LogP contribution in [0, 0.1) is 0 Å². The molecule has 1 heterocycles. The fourth-order valence-corrected chi connectivity index (χ4v) is 2.23. The first-order valence-electron chi connectivity index (χ1n) is 7.09. The Labute approximate surface area is 120 Å². The molecule has 4 heteroatoms. The second kappa shape index (κ2) is 6.68. The van der Waals surface area contributed by atoms with E-state index in [1.807, 2.05) is 37.5 Å². The second-order valence-corrected chi connectivity index (χ2v) is 5.58. The van der Waals surface area contributed by atoms with E-state index in [0.717, 1.165) is 37.2 Å². The largest absolute Gasteiger partial charge is 0.394 e. The summed E-state index contributed by atoms with van der Waals surface area (Å²) in [6, 6.07) is 10.2. The lowest BCUT2D eigenvalue weighted by Crippen LogP contribution is -2.39. The van der Waals surface area contributed by atoms with Gasteiger partial charge in [-0.1, -0.05) is 30.3 Å². The molecule has 0 aliphatic rings. The summed E-state index contributed by atoms with van der Waals surface area (Å²) in [5.41, 5.74) is 6.60. The fourth-order valence-electron chi connectivity index (χ4n) is 2.23. The van der Waals surface area contributed by atoms with E-state index in [9.17, 15) is 0 Å². The molecule has 1 unspecified atom stereocenters. The fraction of sp³-hybridized carbons (Fsp3) is 0.438. The SMILES string of the molecule is CC(N)(CO)CCCCn1ccnc1-c1ccccc1. The Morgan fingerprint density at radius 2 is 2.00 bits per heavy atom. The number of hydrogen-bond donors (Lipinski definition) is 2. The third-order valence-corrected chi connectivity index (χ3v) is 3.51. The van der Waals surface area contributed by atoms with Crippen molar-refractivity contribution < 1.29 is 5.11 Å². The summed E-state index contributed by atoms with van der Waals surface area (Å²) in [5, 5.41) is 9.13. The minimum absolute atomic E-state index is 0.0351. The minimum Gasteiger partial charge on any atom is -0.394 e. The van der Waals surface area contributed by atoms with Crippen molar-refractivity contribution in [1.82, 2.24) is 9.55 Å². The van der Waals surface area contributed by atoms with Gasteiger partial charge in [-0.05, 0) is 26.2 Å². The summed E-state index contributed by atoms with van der Waals surface area (Å²) in [7, 11) is 0. The first kappa shape index (κ1) is 14.8. The first-order chi connectivity index (χ1) is 9.62. The van der Waals surface area contributed by atoms with Gasteiger partial charge in [0.25, 0.3) is 0 Å². The maximum Gasteiger partial charge on any atom is 0.139 e. The predicted molar refractivity (Wildman–Crippen MR) is 81.2 cm³/mol. The highest BCUT2D eigenvalue weighted by Gasteiger charge is 2.15. The maximum atomic E-state index is 9.13. The van der Waals surface area contributed by atoms with Crippen LogP contribution in [-0.4, -0.2) is 26.8 Å². The number of aryl methyl sites for hydroxylation is 1. The summed E-state index contributed by atoms with van der Waals surface area (Å²) in [6.07, 6.45) is 6.71. The summed E-state index contributed by atoms with van der Waals surface area (Å²) < 4.78 is 2.17. The quantitative estimate of drug-likeness (QED) is 0.762. The lowest BCUT2D eigenvalue weighted by atomic mass is 9.97. The molecule has 2 aromatic rings. The molecule has 0 amide bonds. The van der Waals surface area contributed by atoms with E-state index in [0.29, 0.717) is 0 Å². The van der Waals surface area contributed by atoms with E-state index in [4.69, 9.17) is 10.8 Å². The third-order valence-electron chi connectivity index (χ3n) is 3.51. The average Bonchev–Trinajstić information content (AvgIpc) is 2.93. The smallest absolute Gasteiger partial charge is 0.139 e. The van der Waals surface area contributed by atoms with Crippen molar-refractivity contribution in [2.24, 2.45) is 5.73 Å². The Bertz CT molecular complexity index is 520. The van der Waals surface area contributed by atoms with Crippen molar-refractivity contribution in [2.45, 2.75) is 38.3 Å². The number of aliphatic hydroxyl groups is 1. The number of rotatable bonds is 7. The summed E-state index contributed by atoms with van der Waals surface area (Å²) in [4.78, 5) is 4.43. The Morgan fingerprint density at radius 3 is 2.70 bits per heavy atom. The van der Waals surface area contributed by atoms with Gasteiger partial charge in [-0.25, -0.2) is 4.98 Å².